The third-order valence-corrected chi connectivity index (χ3v) is 5.50. The monoisotopic (exact) mass is 372 g/mol. The summed E-state index contributed by atoms with van der Waals surface area (Å²) < 4.78 is 5.52. The lowest BCUT2D eigenvalue weighted by Crippen LogP contribution is -2.35. The number of amides is 3. The summed E-state index contributed by atoms with van der Waals surface area (Å²) in [6.07, 6.45) is 1.68. The van der Waals surface area contributed by atoms with Crippen LogP contribution in [0.4, 0.5) is 16.2 Å². The number of carbonyl (C=O) groups excluding carboxylic acids is 2. The van der Waals surface area contributed by atoms with Gasteiger partial charge in [0.2, 0.25) is 0 Å². The smallest absolute Gasteiger partial charge is 0.319 e. The van der Waals surface area contributed by atoms with Crippen LogP contribution in [0.5, 0.6) is 5.75 Å². The van der Waals surface area contributed by atoms with E-state index in [4.69, 9.17) is 4.74 Å². The van der Waals surface area contributed by atoms with Crippen molar-refractivity contribution in [1.29, 1.82) is 0 Å². The Morgan fingerprint density at radius 1 is 1.42 bits per heavy atom. The molecule has 0 saturated heterocycles. The molecule has 0 bridgehead atoms. The average Bonchev–Trinajstić information content (AvgIpc) is 3.35. The molecule has 136 valence electrons. The Morgan fingerprint density at radius 2 is 2.23 bits per heavy atom. The summed E-state index contributed by atoms with van der Waals surface area (Å²) in [5.41, 5.74) is 2.11. The molecule has 7 nitrogen and oxygen atoms in total. The first-order valence-corrected chi connectivity index (χ1v) is 9.48. The third kappa shape index (κ3) is 3.50. The highest BCUT2D eigenvalue weighted by molar-refractivity contribution is 7.09. The van der Waals surface area contributed by atoms with Crippen molar-refractivity contribution in [2.45, 2.75) is 38.8 Å². The molecule has 0 radical (unpaired) electrons. The van der Waals surface area contributed by atoms with E-state index < -0.39 is 6.10 Å². The molecule has 2 aromatic rings. The lowest BCUT2D eigenvalue weighted by atomic mass is 10.2. The maximum absolute atomic E-state index is 12.5. The topological polar surface area (TPSA) is 92.4 Å². The summed E-state index contributed by atoms with van der Waals surface area (Å²) in [4.78, 5) is 28.7. The van der Waals surface area contributed by atoms with Gasteiger partial charge < -0.3 is 20.7 Å². The molecule has 2 atom stereocenters. The minimum Gasteiger partial charge on any atom is -0.479 e. The molecule has 1 fully saturated rings. The lowest BCUT2D eigenvalue weighted by Gasteiger charge is -2.24. The molecule has 8 heteroatoms. The number of rotatable bonds is 4. The Balaban J connectivity index is 1.44. The molecule has 3 N–H and O–H groups in total. The number of nitrogens with zero attached hydrogens (tertiary/aromatic N) is 1. The first-order valence-electron chi connectivity index (χ1n) is 8.61. The fourth-order valence-electron chi connectivity index (χ4n) is 2.92. The van der Waals surface area contributed by atoms with E-state index in [2.05, 4.69) is 20.9 Å². The molecule has 2 heterocycles. The van der Waals surface area contributed by atoms with Crippen molar-refractivity contribution in [2.75, 3.05) is 10.6 Å². The summed E-state index contributed by atoms with van der Waals surface area (Å²) in [5, 5.41) is 11.6. The Labute approximate surface area is 155 Å². The van der Waals surface area contributed by atoms with Crippen molar-refractivity contribution in [3.8, 4) is 5.75 Å². The number of carbonyl (C=O) groups is 2. The number of thiazole rings is 1. The lowest BCUT2D eigenvalue weighted by molar-refractivity contribution is -0.122. The van der Waals surface area contributed by atoms with E-state index >= 15 is 0 Å². The molecule has 1 aromatic heterocycles. The summed E-state index contributed by atoms with van der Waals surface area (Å²) in [7, 11) is 0. The highest BCUT2D eigenvalue weighted by Crippen LogP contribution is 2.42. The average molecular weight is 372 g/mol. The van der Waals surface area contributed by atoms with Crippen LogP contribution in [-0.2, 0) is 4.79 Å². The number of urea groups is 1. The van der Waals surface area contributed by atoms with E-state index in [1.54, 1.807) is 36.5 Å². The fourth-order valence-corrected chi connectivity index (χ4v) is 3.86. The predicted molar refractivity (Wildman–Crippen MR) is 99.6 cm³/mol. The van der Waals surface area contributed by atoms with E-state index in [0.29, 0.717) is 23.0 Å². The molecule has 4 rings (SSSR count). The maximum Gasteiger partial charge on any atom is 0.319 e. The fraction of sp³-hybridized carbons (Fsp3) is 0.389. The Hall–Kier alpha value is -2.61. The first-order chi connectivity index (χ1) is 12.5. The summed E-state index contributed by atoms with van der Waals surface area (Å²) in [6, 6.07) is 4.84. The molecule has 1 saturated carbocycles. The van der Waals surface area contributed by atoms with Gasteiger partial charge in [-0.1, -0.05) is 0 Å². The van der Waals surface area contributed by atoms with Crippen molar-refractivity contribution < 1.29 is 14.3 Å². The summed E-state index contributed by atoms with van der Waals surface area (Å²) in [6.45, 7) is 3.64. The number of benzene rings is 1. The second-order valence-electron chi connectivity index (χ2n) is 6.70. The number of ether oxygens (including phenoxy) is 1. The van der Waals surface area contributed by atoms with Crippen LogP contribution < -0.4 is 20.7 Å². The number of aromatic nitrogens is 1. The van der Waals surface area contributed by atoms with Gasteiger partial charge >= 0.3 is 6.03 Å². The molecule has 0 spiro atoms. The van der Waals surface area contributed by atoms with Crippen LogP contribution in [0.1, 0.15) is 36.5 Å². The van der Waals surface area contributed by atoms with Gasteiger partial charge in [0.25, 0.3) is 5.91 Å². The van der Waals surface area contributed by atoms with Crippen LogP contribution in [0.15, 0.2) is 23.6 Å². The van der Waals surface area contributed by atoms with Crippen LogP contribution in [0, 0.1) is 12.8 Å². The number of hydrogen-bond donors (Lipinski definition) is 3. The zero-order valence-electron chi connectivity index (χ0n) is 14.5. The molecular formula is C18H20N4O3S. The van der Waals surface area contributed by atoms with E-state index in [9.17, 15) is 9.59 Å². The molecule has 1 aliphatic heterocycles. The second-order valence-corrected chi connectivity index (χ2v) is 7.59. The van der Waals surface area contributed by atoms with Crippen molar-refractivity contribution >= 4 is 34.6 Å². The van der Waals surface area contributed by atoms with Gasteiger partial charge in [0, 0.05) is 16.8 Å². The van der Waals surface area contributed by atoms with Gasteiger partial charge in [-0.25, -0.2) is 9.78 Å². The Morgan fingerprint density at radius 3 is 2.92 bits per heavy atom. The zero-order valence-corrected chi connectivity index (χ0v) is 15.4. The van der Waals surface area contributed by atoms with Gasteiger partial charge in [0.1, 0.15) is 10.8 Å². The first kappa shape index (κ1) is 16.8. The van der Waals surface area contributed by atoms with Crippen molar-refractivity contribution in [1.82, 2.24) is 10.3 Å². The van der Waals surface area contributed by atoms with Gasteiger partial charge in [-0.3, -0.25) is 4.79 Å². The minimum absolute atomic E-state index is 0.0600. The van der Waals surface area contributed by atoms with Gasteiger partial charge in [0.15, 0.2) is 6.10 Å². The molecule has 26 heavy (non-hydrogen) atoms. The van der Waals surface area contributed by atoms with Crippen LogP contribution in [-0.4, -0.2) is 23.0 Å². The predicted octanol–water partition coefficient (Wildman–Crippen LogP) is 3.44. The second kappa shape index (κ2) is 6.60. The van der Waals surface area contributed by atoms with E-state index in [1.165, 1.54) is 0 Å². The SMILES string of the molecule is Cc1csc([C@@H](NC(=O)Nc2ccc3c(c2)NC(=O)[C@H](C)O3)C2CC2)n1. The van der Waals surface area contributed by atoms with Crippen LogP contribution in [0.2, 0.25) is 0 Å². The molecule has 1 aromatic carbocycles. The maximum atomic E-state index is 12.5. The van der Waals surface area contributed by atoms with E-state index in [-0.39, 0.29) is 18.0 Å². The Bertz CT molecular complexity index is 862. The van der Waals surface area contributed by atoms with Crippen molar-refractivity contribution in [3.05, 3.63) is 34.3 Å². The number of anilines is 2. The number of nitrogens with one attached hydrogen (secondary N) is 3. The third-order valence-electron chi connectivity index (χ3n) is 4.45. The van der Waals surface area contributed by atoms with Gasteiger partial charge in [-0.15, -0.1) is 11.3 Å². The highest BCUT2D eigenvalue weighted by atomic mass is 32.1. The van der Waals surface area contributed by atoms with E-state index in [0.717, 1.165) is 23.5 Å². The van der Waals surface area contributed by atoms with Gasteiger partial charge in [-0.2, -0.15) is 0 Å². The summed E-state index contributed by atoms with van der Waals surface area (Å²) in [5.74, 6) is 0.841. The molecule has 2 aliphatic rings. The largest absolute Gasteiger partial charge is 0.479 e. The minimum atomic E-state index is -0.523. The number of fused-ring (bicyclic) bond motifs is 1. The quantitative estimate of drug-likeness (QED) is 0.766. The van der Waals surface area contributed by atoms with Crippen LogP contribution >= 0.6 is 11.3 Å². The number of aryl methyl sites for hydroxylation is 1. The normalized spacial score (nSPS) is 19.8. The molecule has 3 amide bonds. The molecular weight excluding hydrogens is 352 g/mol. The van der Waals surface area contributed by atoms with Crippen LogP contribution in [0.3, 0.4) is 0 Å². The van der Waals surface area contributed by atoms with Crippen molar-refractivity contribution in [3.63, 3.8) is 0 Å². The standard InChI is InChI=1S/C18H20N4O3S/c1-9-8-26-17(19-9)15(11-3-4-11)22-18(24)20-12-5-6-14-13(7-12)21-16(23)10(2)25-14/h5-8,10-11,15H,3-4H2,1-2H3,(H,21,23)(H2,20,22,24)/t10-,15-/m0/s1. The Kier molecular flexibility index (Phi) is 4.28. The number of hydrogen-bond acceptors (Lipinski definition) is 5. The van der Waals surface area contributed by atoms with Gasteiger partial charge in [0.05, 0.1) is 11.7 Å². The highest BCUT2D eigenvalue weighted by Gasteiger charge is 2.35. The van der Waals surface area contributed by atoms with E-state index in [1.807, 2.05) is 12.3 Å². The zero-order chi connectivity index (χ0) is 18.3. The molecule has 0 unspecified atom stereocenters. The van der Waals surface area contributed by atoms with Crippen LogP contribution in [0.25, 0.3) is 0 Å². The van der Waals surface area contributed by atoms with Gasteiger partial charge in [-0.05, 0) is 50.8 Å². The van der Waals surface area contributed by atoms with Crippen molar-refractivity contribution in [2.24, 2.45) is 5.92 Å². The summed E-state index contributed by atoms with van der Waals surface area (Å²) >= 11 is 1.58. The molecule has 1 aliphatic carbocycles.